The van der Waals surface area contributed by atoms with Gasteiger partial charge < -0.3 is 25.2 Å². The number of carbonyl (C=O) groups is 1. The van der Waals surface area contributed by atoms with E-state index in [1.807, 2.05) is 32.6 Å². The molecule has 1 aliphatic heterocycles. The molecule has 6 heteroatoms. The predicted molar refractivity (Wildman–Crippen MR) is 85.8 cm³/mol. The van der Waals surface area contributed by atoms with Gasteiger partial charge in [0, 0.05) is 25.2 Å². The quantitative estimate of drug-likeness (QED) is 0.692. The number of rotatable bonds is 6. The number of amides is 1. The molecule has 22 heavy (non-hydrogen) atoms. The fourth-order valence-electron chi connectivity index (χ4n) is 2.70. The first-order valence-corrected chi connectivity index (χ1v) is 8.25. The largest absolute Gasteiger partial charge is 0.444 e. The third-order valence-electron chi connectivity index (χ3n) is 3.79. The second-order valence-corrected chi connectivity index (χ2v) is 7.20. The molecule has 1 rings (SSSR count). The van der Waals surface area contributed by atoms with Gasteiger partial charge in [0.2, 0.25) is 0 Å². The average molecular weight is 316 g/mol. The van der Waals surface area contributed by atoms with Crippen molar-refractivity contribution in [2.75, 3.05) is 19.7 Å². The van der Waals surface area contributed by atoms with Crippen LogP contribution < -0.4 is 5.32 Å². The zero-order valence-corrected chi connectivity index (χ0v) is 14.3. The predicted octanol–water partition coefficient (Wildman–Crippen LogP) is 1.50. The van der Waals surface area contributed by atoms with E-state index in [2.05, 4.69) is 5.32 Å². The molecule has 1 amide bonds. The molecule has 0 radical (unpaired) electrons. The number of hydrogen-bond donors (Lipinski definition) is 3. The van der Waals surface area contributed by atoms with Crippen molar-refractivity contribution < 1.29 is 19.7 Å². The molecule has 0 saturated carbocycles. The van der Waals surface area contributed by atoms with Crippen LogP contribution in [0.3, 0.4) is 0 Å². The van der Waals surface area contributed by atoms with Crippen LogP contribution in [0.25, 0.3) is 0 Å². The van der Waals surface area contributed by atoms with Crippen LogP contribution in [0.2, 0.25) is 0 Å². The molecule has 0 aromatic carbocycles. The molecule has 0 spiro atoms. The molecule has 0 aliphatic carbocycles. The van der Waals surface area contributed by atoms with E-state index in [0.29, 0.717) is 6.54 Å². The van der Waals surface area contributed by atoms with Gasteiger partial charge in [0.1, 0.15) is 5.60 Å². The third kappa shape index (κ3) is 6.94. The topological polar surface area (TPSA) is 82.0 Å². The van der Waals surface area contributed by atoms with Gasteiger partial charge in [-0.25, -0.2) is 4.79 Å². The number of likely N-dealkylation sites (tertiary alicyclic amines) is 1. The van der Waals surface area contributed by atoms with Crippen LogP contribution in [0.4, 0.5) is 4.79 Å². The molecule has 1 fully saturated rings. The van der Waals surface area contributed by atoms with E-state index < -0.39 is 11.7 Å². The normalized spacial score (nSPS) is 22.3. The number of carbonyl (C=O) groups excluding carboxylic acids is 1. The van der Waals surface area contributed by atoms with E-state index in [0.717, 1.165) is 32.2 Å². The van der Waals surface area contributed by atoms with Crippen molar-refractivity contribution in [1.29, 1.82) is 0 Å². The second-order valence-electron chi connectivity index (χ2n) is 7.20. The maximum absolute atomic E-state index is 12.3. The highest BCUT2D eigenvalue weighted by Crippen LogP contribution is 2.23. The molecule has 3 atom stereocenters. The van der Waals surface area contributed by atoms with Gasteiger partial charge >= 0.3 is 6.09 Å². The average Bonchev–Trinajstić information content (AvgIpc) is 2.43. The lowest BCUT2D eigenvalue weighted by Crippen LogP contribution is -2.48. The van der Waals surface area contributed by atoms with Crippen LogP contribution in [0, 0.1) is 0 Å². The summed E-state index contributed by atoms with van der Waals surface area (Å²) in [5, 5.41) is 21.4. The van der Waals surface area contributed by atoms with Crippen molar-refractivity contribution in [2.45, 2.75) is 77.2 Å². The van der Waals surface area contributed by atoms with Crippen molar-refractivity contribution in [2.24, 2.45) is 0 Å². The van der Waals surface area contributed by atoms with Gasteiger partial charge in [0.25, 0.3) is 0 Å². The summed E-state index contributed by atoms with van der Waals surface area (Å²) in [5.74, 6) is 0. The van der Waals surface area contributed by atoms with Gasteiger partial charge in [-0.15, -0.1) is 0 Å². The van der Waals surface area contributed by atoms with Gasteiger partial charge in [-0.3, -0.25) is 0 Å². The van der Waals surface area contributed by atoms with Gasteiger partial charge in [0.05, 0.1) is 12.7 Å². The first kappa shape index (κ1) is 19.2. The highest BCUT2D eigenvalue weighted by atomic mass is 16.6. The number of aliphatic hydroxyl groups excluding tert-OH is 2. The number of nitrogens with one attached hydrogen (secondary N) is 1. The van der Waals surface area contributed by atoms with Crippen LogP contribution in [-0.4, -0.2) is 64.7 Å². The van der Waals surface area contributed by atoms with Gasteiger partial charge in [-0.1, -0.05) is 0 Å². The van der Waals surface area contributed by atoms with Crippen molar-refractivity contribution in [3.05, 3.63) is 0 Å². The minimum atomic E-state index is -0.740. The van der Waals surface area contributed by atoms with Crippen LogP contribution >= 0.6 is 0 Å². The Balaban J connectivity index is 2.52. The lowest BCUT2D eigenvalue weighted by Gasteiger charge is -2.38. The monoisotopic (exact) mass is 316 g/mol. The minimum Gasteiger partial charge on any atom is -0.444 e. The van der Waals surface area contributed by atoms with Gasteiger partial charge in [0.15, 0.2) is 0 Å². The summed E-state index contributed by atoms with van der Waals surface area (Å²) in [5.41, 5.74) is -0.478. The fraction of sp³-hybridized carbons (Fsp3) is 0.938. The number of hydrogen-bond acceptors (Lipinski definition) is 5. The van der Waals surface area contributed by atoms with Gasteiger partial charge in [-0.2, -0.15) is 0 Å². The first-order chi connectivity index (χ1) is 10.2. The van der Waals surface area contributed by atoms with Gasteiger partial charge in [-0.05, 0) is 53.4 Å². The van der Waals surface area contributed by atoms with E-state index in [1.54, 1.807) is 0 Å². The maximum atomic E-state index is 12.3. The Labute approximate surface area is 133 Å². The Morgan fingerprint density at radius 3 is 2.68 bits per heavy atom. The van der Waals surface area contributed by atoms with Crippen LogP contribution in [0.1, 0.15) is 53.4 Å². The molecule has 0 aromatic rings. The summed E-state index contributed by atoms with van der Waals surface area (Å²) in [6, 6.07) is 0.326. The van der Waals surface area contributed by atoms with E-state index in [9.17, 15) is 9.90 Å². The Kier molecular flexibility index (Phi) is 7.59. The molecule has 1 aliphatic rings. The Hall–Kier alpha value is -0.850. The molecule has 1 saturated heterocycles. The van der Waals surface area contributed by atoms with Crippen molar-refractivity contribution in [3.8, 4) is 0 Å². The highest BCUT2D eigenvalue weighted by molar-refractivity contribution is 5.68. The molecule has 3 unspecified atom stereocenters. The number of aliphatic hydroxyl groups is 2. The van der Waals surface area contributed by atoms with E-state index in [4.69, 9.17) is 9.84 Å². The first-order valence-electron chi connectivity index (χ1n) is 8.25. The lowest BCUT2D eigenvalue weighted by molar-refractivity contribution is 0.00761. The summed E-state index contributed by atoms with van der Waals surface area (Å²) in [4.78, 5) is 14.2. The molecular weight excluding hydrogens is 284 g/mol. The Morgan fingerprint density at radius 2 is 2.09 bits per heavy atom. The number of nitrogens with zero attached hydrogens (tertiary/aromatic N) is 1. The van der Waals surface area contributed by atoms with Crippen LogP contribution in [0.15, 0.2) is 0 Å². The fourth-order valence-corrected chi connectivity index (χ4v) is 2.70. The molecule has 130 valence electrons. The summed E-state index contributed by atoms with van der Waals surface area (Å²) < 4.78 is 5.50. The Morgan fingerprint density at radius 1 is 1.41 bits per heavy atom. The molecule has 1 heterocycles. The Bertz CT molecular complexity index is 344. The maximum Gasteiger partial charge on any atom is 0.410 e. The van der Waals surface area contributed by atoms with E-state index in [-0.39, 0.29) is 24.8 Å². The molecule has 6 nitrogen and oxygen atoms in total. The molecule has 0 bridgehead atoms. The van der Waals surface area contributed by atoms with E-state index >= 15 is 0 Å². The van der Waals surface area contributed by atoms with Crippen LogP contribution in [-0.2, 0) is 4.74 Å². The molecule has 3 N–H and O–H groups in total. The molecule has 0 aromatic heterocycles. The SMILES string of the molecule is CC(CC1CCCCN1C(=O)OC(C)(C)C)NCC(O)CO. The van der Waals surface area contributed by atoms with Crippen LogP contribution in [0.5, 0.6) is 0 Å². The van der Waals surface area contributed by atoms with Crippen molar-refractivity contribution in [3.63, 3.8) is 0 Å². The summed E-state index contributed by atoms with van der Waals surface area (Å²) in [6.07, 6.45) is 2.96. The highest BCUT2D eigenvalue weighted by Gasteiger charge is 2.31. The number of piperidine rings is 1. The third-order valence-corrected chi connectivity index (χ3v) is 3.79. The summed E-state index contributed by atoms with van der Waals surface area (Å²) >= 11 is 0. The zero-order chi connectivity index (χ0) is 16.8. The second kappa shape index (κ2) is 8.70. The zero-order valence-electron chi connectivity index (χ0n) is 14.3. The minimum absolute atomic E-state index is 0.161. The summed E-state index contributed by atoms with van der Waals surface area (Å²) in [6.45, 7) is 8.53. The lowest BCUT2D eigenvalue weighted by atomic mass is 9.96. The molecular formula is C16H32N2O4. The standard InChI is InChI=1S/C16H32N2O4/c1-12(17-10-14(20)11-19)9-13-7-5-6-8-18(13)15(21)22-16(2,3)4/h12-14,17,19-20H,5-11H2,1-4H3. The number of ether oxygens (including phenoxy) is 1. The van der Waals surface area contributed by atoms with Crippen molar-refractivity contribution >= 4 is 6.09 Å². The van der Waals surface area contributed by atoms with Crippen molar-refractivity contribution in [1.82, 2.24) is 10.2 Å². The van der Waals surface area contributed by atoms with E-state index in [1.165, 1.54) is 0 Å². The summed E-state index contributed by atoms with van der Waals surface area (Å²) in [7, 11) is 0. The smallest absolute Gasteiger partial charge is 0.410 e.